The molecule has 1 saturated heterocycles. The first kappa shape index (κ1) is 21.8. The quantitative estimate of drug-likeness (QED) is 0.739. The Kier molecular flexibility index (Phi) is 6.02. The highest BCUT2D eigenvalue weighted by atomic mass is 19.4. The molecule has 2 aliphatic rings. The second kappa shape index (κ2) is 8.58. The van der Waals surface area contributed by atoms with E-state index in [2.05, 4.69) is 25.4 Å². The number of benzene rings is 1. The number of halogens is 3. The molecule has 0 radical (unpaired) electrons. The third-order valence-electron chi connectivity index (χ3n) is 6.15. The van der Waals surface area contributed by atoms with Crippen molar-refractivity contribution in [3.8, 4) is 17.0 Å². The minimum Gasteiger partial charge on any atom is -0.507 e. The molecule has 0 bridgehead atoms. The first-order valence-electron chi connectivity index (χ1n) is 10.4. The topological polar surface area (TPSA) is 83.4 Å². The number of methoxy groups -OCH3 is 1. The number of nitrogens with one attached hydrogen (secondary N) is 1. The fourth-order valence-electron chi connectivity index (χ4n) is 4.29. The zero-order valence-corrected chi connectivity index (χ0v) is 17.5. The molecule has 0 unspecified atom stereocenters. The number of hydrogen-bond donors (Lipinski definition) is 2. The number of rotatable bonds is 5. The number of hydrogen-bond acceptors (Lipinski definition) is 7. The Morgan fingerprint density at radius 2 is 2.00 bits per heavy atom. The van der Waals surface area contributed by atoms with Crippen LogP contribution in [0, 0.1) is 6.92 Å². The molecule has 1 saturated carbocycles. The lowest BCUT2D eigenvalue weighted by Crippen LogP contribution is -2.53. The molecular formula is C21H26F3N5O2. The van der Waals surface area contributed by atoms with E-state index in [0.717, 1.165) is 44.8 Å². The van der Waals surface area contributed by atoms with Gasteiger partial charge in [-0.1, -0.05) is 0 Å². The van der Waals surface area contributed by atoms with Crippen LogP contribution in [0.1, 0.15) is 36.9 Å². The lowest BCUT2D eigenvalue weighted by atomic mass is 9.86. The molecule has 1 atom stereocenters. The van der Waals surface area contributed by atoms with E-state index >= 15 is 0 Å². The second-order valence-corrected chi connectivity index (χ2v) is 8.26. The van der Waals surface area contributed by atoms with E-state index in [1.807, 2.05) is 0 Å². The van der Waals surface area contributed by atoms with Crippen molar-refractivity contribution >= 4 is 5.95 Å². The van der Waals surface area contributed by atoms with E-state index in [0.29, 0.717) is 29.9 Å². The van der Waals surface area contributed by atoms with Crippen molar-refractivity contribution in [3.63, 3.8) is 0 Å². The Hall–Kier alpha value is -2.46. The Morgan fingerprint density at radius 1 is 1.23 bits per heavy atom. The van der Waals surface area contributed by atoms with Crippen LogP contribution in [0.4, 0.5) is 19.1 Å². The highest BCUT2D eigenvalue weighted by molar-refractivity contribution is 5.69. The molecule has 7 nitrogen and oxygen atoms in total. The molecule has 4 rings (SSSR count). The van der Waals surface area contributed by atoms with Gasteiger partial charge in [0.05, 0.1) is 17.4 Å². The fraction of sp³-hybridized carbons (Fsp3) is 0.571. The number of phenols is 1. The first-order chi connectivity index (χ1) is 14.7. The molecule has 0 amide bonds. The maximum atomic E-state index is 12.8. The van der Waals surface area contributed by atoms with Crippen LogP contribution < -0.4 is 5.32 Å². The van der Waals surface area contributed by atoms with E-state index in [9.17, 15) is 18.3 Å². The van der Waals surface area contributed by atoms with Crippen LogP contribution in [0.25, 0.3) is 11.3 Å². The summed E-state index contributed by atoms with van der Waals surface area (Å²) in [6.45, 7) is 3.66. The summed E-state index contributed by atoms with van der Waals surface area (Å²) in [7, 11) is 1.75. The lowest BCUT2D eigenvalue weighted by Gasteiger charge is -2.45. The monoisotopic (exact) mass is 437 g/mol. The van der Waals surface area contributed by atoms with E-state index in [4.69, 9.17) is 4.74 Å². The summed E-state index contributed by atoms with van der Waals surface area (Å²) in [5.41, 5.74) is -0.0291. The lowest BCUT2D eigenvalue weighted by molar-refractivity contribution is -0.137. The summed E-state index contributed by atoms with van der Waals surface area (Å²) in [4.78, 5) is 6.91. The smallest absolute Gasteiger partial charge is 0.416 e. The molecule has 1 aromatic heterocycles. The normalized spacial score (nSPS) is 24.6. The molecule has 1 aromatic carbocycles. The third-order valence-corrected chi connectivity index (χ3v) is 6.15. The van der Waals surface area contributed by atoms with E-state index in [1.54, 1.807) is 14.0 Å². The molecule has 31 heavy (non-hydrogen) atoms. The van der Waals surface area contributed by atoms with Crippen LogP contribution in [0.2, 0.25) is 0 Å². The van der Waals surface area contributed by atoms with Crippen molar-refractivity contribution in [1.82, 2.24) is 20.1 Å². The van der Waals surface area contributed by atoms with Crippen LogP contribution in [0.15, 0.2) is 18.2 Å². The number of likely N-dealkylation sites (tertiary alicyclic amines) is 1. The predicted octanol–water partition coefficient (Wildman–Crippen LogP) is 3.63. The van der Waals surface area contributed by atoms with Gasteiger partial charge >= 0.3 is 6.18 Å². The molecule has 0 spiro atoms. The van der Waals surface area contributed by atoms with Gasteiger partial charge in [-0.3, -0.25) is 4.90 Å². The van der Waals surface area contributed by atoms with Gasteiger partial charge in [-0.25, -0.2) is 4.98 Å². The van der Waals surface area contributed by atoms with Gasteiger partial charge in [0.25, 0.3) is 0 Å². The fourth-order valence-corrected chi connectivity index (χ4v) is 4.29. The molecule has 2 aromatic rings. The summed E-state index contributed by atoms with van der Waals surface area (Å²) < 4.78 is 43.9. The average Bonchev–Trinajstić information content (AvgIpc) is 2.67. The summed E-state index contributed by atoms with van der Waals surface area (Å²) in [6.07, 6.45) is 0.0387. The molecular weight excluding hydrogens is 411 g/mol. The van der Waals surface area contributed by atoms with Crippen molar-refractivity contribution in [3.05, 3.63) is 29.5 Å². The van der Waals surface area contributed by atoms with Crippen molar-refractivity contribution in [2.24, 2.45) is 0 Å². The van der Waals surface area contributed by atoms with Crippen molar-refractivity contribution in [2.75, 3.05) is 25.5 Å². The van der Waals surface area contributed by atoms with Gasteiger partial charge in [-0.2, -0.15) is 13.2 Å². The Bertz CT molecular complexity index is 934. The van der Waals surface area contributed by atoms with E-state index in [1.165, 1.54) is 6.07 Å². The highest BCUT2D eigenvalue weighted by Crippen LogP contribution is 2.36. The maximum absolute atomic E-state index is 12.8. The molecule has 2 heterocycles. The SMILES string of the molecule is COC1CC(N2CCC[C@@H](Nc3nnc(-c4ccc(C(F)(F)F)cc4O)c(C)n3)C2)C1. The number of alkyl halides is 3. The number of ether oxygens (including phenoxy) is 1. The minimum absolute atomic E-state index is 0.165. The Labute approximate surface area is 178 Å². The first-order valence-corrected chi connectivity index (χ1v) is 10.4. The summed E-state index contributed by atoms with van der Waals surface area (Å²) in [6, 6.07) is 3.54. The predicted molar refractivity (Wildman–Crippen MR) is 109 cm³/mol. The zero-order chi connectivity index (χ0) is 22.2. The Balaban J connectivity index is 1.43. The molecule has 2 fully saturated rings. The number of aromatic nitrogens is 3. The number of nitrogens with zero attached hydrogens (tertiary/aromatic N) is 4. The van der Waals surface area contributed by atoms with Gasteiger partial charge in [0, 0.05) is 31.3 Å². The van der Waals surface area contributed by atoms with Gasteiger partial charge < -0.3 is 15.2 Å². The van der Waals surface area contributed by atoms with Gasteiger partial charge in [-0.15, -0.1) is 10.2 Å². The van der Waals surface area contributed by atoms with Crippen LogP contribution in [0.5, 0.6) is 5.75 Å². The van der Waals surface area contributed by atoms with Gasteiger partial charge in [0.15, 0.2) is 0 Å². The third kappa shape index (κ3) is 4.74. The summed E-state index contributed by atoms with van der Waals surface area (Å²) >= 11 is 0. The van der Waals surface area contributed by atoms with E-state index < -0.39 is 17.5 Å². The van der Waals surface area contributed by atoms with Crippen molar-refractivity contribution in [2.45, 2.75) is 57.0 Å². The largest absolute Gasteiger partial charge is 0.507 e. The number of aromatic hydroxyl groups is 1. The maximum Gasteiger partial charge on any atom is 0.416 e. The van der Waals surface area contributed by atoms with Crippen LogP contribution in [0.3, 0.4) is 0 Å². The highest BCUT2D eigenvalue weighted by Gasteiger charge is 2.36. The standard InChI is InChI=1S/C21H26F3N5O2/c1-12-19(17-6-5-13(8-18(17)30)21(22,23)24)27-28-20(25-12)26-14-4-3-7-29(11-14)15-9-16(10-15)31-2/h5-6,8,14-16,30H,3-4,7,9-11H2,1-2H3,(H,25,26,28)/t14-,15?,16?/m1/s1. The number of anilines is 1. The average molecular weight is 437 g/mol. The molecule has 1 aliphatic carbocycles. The number of phenolic OH excluding ortho intramolecular Hbond substituents is 1. The Morgan fingerprint density at radius 3 is 2.65 bits per heavy atom. The van der Waals surface area contributed by atoms with Gasteiger partial charge in [0.2, 0.25) is 5.95 Å². The number of piperidine rings is 1. The van der Waals surface area contributed by atoms with Crippen LogP contribution >= 0.6 is 0 Å². The van der Waals surface area contributed by atoms with Crippen LogP contribution in [-0.2, 0) is 10.9 Å². The second-order valence-electron chi connectivity index (χ2n) is 8.26. The van der Waals surface area contributed by atoms with E-state index in [-0.39, 0.29) is 17.3 Å². The van der Waals surface area contributed by atoms with Crippen molar-refractivity contribution < 1.29 is 23.0 Å². The van der Waals surface area contributed by atoms with Gasteiger partial charge in [0.1, 0.15) is 11.4 Å². The van der Waals surface area contributed by atoms with Gasteiger partial charge in [-0.05, 0) is 57.4 Å². The zero-order valence-electron chi connectivity index (χ0n) is 17.5. The minimum atomic E-state index is -4.53. The number of aryl methyl sites for hydroxylation is 1. The summed E-state index contributed by atoms with van der Waals surface area (Å²) in [5.74, 6) is -0.129. The van der Waals surface area contributed by atoms with Crippen LogP contribution in [-0.4, -0.2) is 63.6 Å². The van der Waals surface area contributed by atoms with Crippen molar-refractivity contribution in [1.29, 1.82) is 0 Å². The molecule has 10 heteroatoms. The molecule has 2 N–H and O–H groups in total. The molecule has 168 valence electrons. The summed E-state index contributed by atoms with van der Waals surface area (Å²) in [5, 5.41) is 21.6. The molecule has 1 aliphatic heterocycles.